The number of fused-ring (bicyclic) bond motifs is 1. The van der Waals surface area contributed by atoms with Gasteiger partial charge in [-0.05, 0) is 35.9 Å². The van der Waals surface area contributed by atoms with Gasteiger partial charge in [0.2, 0.25) is 5.82 Å². The zero-order valence-electron chi connectivity index (χ0n) is 22.8. The largest absolute Gasteiger partial charge is 0.465 e. The fraction of sp³-hybridized carbons (Fsp3) is 0.148. The Morgan fingerprint density at radius 2 is 1.50 bits per heavy atom. The van der Waals surface area contributed by atoms with Crippen LogP contribution in [0.25, 0.3) is 10.9 Å². The summed E-state index contributed by atoms with van der Waals surface area (Å²) in [5.41, 5.74) is 8.49. The van der Waals surface area contributed by atoms with E-state index in [4.69, 9.17) is 10.8 Å². The molecule has 0 aliphatic heterocycles. The van der Waals surface area contributed by atoms with Crippen LogP contribution >= 0.6 is 12.4 Å². The van der Waals surface area contributed by atoms with Crippen LogP contribution in [0.15, 0.2) is 61.2 Å². The molecule has 0 atom stereocenters. The van der Waals surface area contributed by atoms with E-state index < -0.39 is 17.9 Å². The Kier molecular flexibility index (Phi) is 8.10. The van der Waals surface area contributed by atoms with Crippen LogP contribution in [0.4, 0.5) is 22.0 Å². The first-order chi connectivity index (χ1) is 19.5. The maximum atomic E-state index is 13.4. The summed E-state index contributed by atoms with van der Waals surface area (Å²) in [6, 6.07) is 10.2. The van der Waals surface area contributed by atoms with Crippen molar-refractivity contribution in [2.75, 3.05) is 16.4 Å². The Hall–Kier alpha value is -5.50. The van der Waals surface area contributed by atoms with E-state index in [0.717, 1.165) is 10.9 Å². The van der Waals surface area contributed by atoms with Gasteiger partial charge in [0.1, 0.15) is 17.2 Å². The predicted molar refractivity (Wildman–Crippen MR) is 158 cm³/mol. The molecule has 6 N–H and O–H groups in total. The highest BCUT2D eigenvalue weighted by molar-refractivity contribution is 6.07. The van der Waals surface area contributed by atoms with Crippen molar-refractivity contribution in [1.29, 1.82) is 0 Å². The molecule has 0 fully saturated rings. The van der Waals surface area contributed by atoms with Gasteiger partial charge < -0.3 is 40.5 Å². The second kappa shape index (κ2) is 11.5. The molecule has 4 heterocycles. The van der Waals surface area contributed by atoms with Crippen LogP contribution in [-0.2, 0) is 27.7 Å². The lowest BCUT2D eigenvalue weighted by atomic mass is 10.1. The molecule has 0 saturated carbocycles. The van der Waals surface area contributed by atoms with Gasteiger partial charge in [0, 0.05) is 57.9 Å². The van der Waals surface area contributed by atoms with Gasteiger partial charge in [0.05, 0.1) is 16.9 Å². The number of hydrogen-bond donors (Lipinski definition) is 5. The maximum Gasteiger partial charge on any atom is 0.404 e. The number of amides is 3. The molecule has 42 heavy (non-hydrogen) atoms. The minimum atomic E-state index is -1.12. The number of carbonyl (C=O) groups is 4. The Morgan fingerprint density at radius 1 is 0.857 bits per heavy atom. The molecular formula is C27H28ClN9O5. The average Bonchev–Trinajstić information content (AvgIpc) is 3.67. The number of carboxylic acid groups (broad SMARTS) is 1. The predicted octanol–water partition coefficient (Wildman–Crippen LogP) is 3.02. The monoisotopic (exact) mass is 593 g/mol. The number of nitrogens with zero attached hydrogens (tertiary/aromatic N) is 5. The summed E-state index contributed by atoms with van der Waals surface area (Å²) >= 11 is 0. The van der Waals surface area contributed by atoms with Crippen molar-refractivity contribution in [2.45, 2.75) is 6.54 Å². The van der Waals surface area contributed by atoms with Crippen molar-refractivity contribution in [3.8, 4) is 0 Å². The van der Waals surface area contributed by atoms with E-state index in [2.05, 4.69) is 20.9 Å². The van der Waals surface area contributed by atoms with E-state index >= 15 is 0 Å². The first kappa shape index (κ1) is 29.5. The fourth-order valence-electron chi connectivity index (χ4n) is 4.57. The van der Waals surface area contributed by atoms with Crippen molar-refractivity contribution in [1.82, 2.24) is 28.6 Å². The second-order valence-corrected chi connectivity index (χ2v) is 9.50. The Bertz CT molecular complexity index is 1850. The number of carbonyl (C=O) groups excluding carboxylic acids is 3. The van der Waals surface area contributed by atoms with E-state index in [0.29, 0.717) is 22.6 Å². The SMILES string of the molecule is Cl.Cn1cc(NC(=O)c2nc(N)cn2C)cc1C(=O)Nc1cc(C(=O)n2ccc3cc(CNC(=O)O)ccc32)n(C)c1. The number of aryl methyl sites for hydroxylation is 3. The van der Waals surface area contributed by atoms with Crippen molar-refractivity contribution >= 4 is 64.3 Å². The lowest BCUT2D eigenvalue weighted by molar-refractivity contribution is 0.0954. The number of benzene rings is 1. The summed E-state index contributed by atoms with van der Waals surface area (Å²) in [6.07, 6.45) is 5.28. The Morgan fingerprint density at radius 3 is 2.14 bits per heavy atom. The van der Waals surface area contributed by atoms with Crippen LogP contribution in [0.3, 0.4) is 0 Å². The summed E-state index contributed by atoms with van der Waals surface area (Å²) in [5.74, 6) is -0.870. The molecule has 218 valence electrons. The lowest BCUT2D eigenvalue weighted by Gasteiger charge is -2.06. The fourth-order valence-corrected chi connectivity index (χ4v) is 4.57. The molecule has 0 unspecified atom stereocenters. The first-order valence-electron chi connectivity index (χ1n) is 12.4. The first-order valence-corrected chi connectivity index (χ1v) is 12.4. The van der Waals surface area contributed by atoms with Crippen LogP contribution in [0.5, 0.6) is 0 Å². The van der Waals surface area contributed by atoms with Gasteiger partial charge in [-0.1, -0.05) is 6.07 Å². The zero-order valence-corrected chi connectivity index (χ0v) is 23.6. The molecule has 0 aliphatic rings. The molecule has 1 aromatic carbocycles. The Balaban J connectivity index is 0.00000405. The smallest absolute Gasteiger partial charge is 0.404 e. The summed E-state index contributed by atoms with van der Waals surface area (Å²) in [6.45, 7) is 0.152. The van der Waals surface area contributed by atoms with Crippen LogP contribution < -0.4 is 21.7 Å². The number of imidazole rings is 1. The van der Waals surface area contributed by atoms with Gasteiger partial charge >= 0.3 is 6.09 Å². The third-order valence-electron chi connectivity index (χ3n) is 6.49. The highest BCUT2D eigenvalue weighted by Gasteiger charge is 2.20. The number of hydrogen-bond acceptors (Lipinski definition) is 6. The summed E-state index contributed by atoms with van der Waals surface area (Å²) in [5, 5.41) is 17.4. The van der Waals surface area contributed by atoms with Crippen LogP contribution in [0, 0.1) is 0 Å². The van der Waals surface area contributed by atoms with Gasteiger partial charge in [-0.2, -0.15) is 0 Å². The molecule has 5 aromatic rings. The van der Waals surface area contributed by atoms with Crippen LogP contribution in [0.2, 0.25) is 0 Å². The topological polar surface area (TPSA) is 183 Å². The molecule has 14 nitrogen and oxygen atoms in total. The Labute approximate surface area is 245 Å². The minimum Gasteiger partial charge on any atom is -0.465 e. The summed E-state index contributed by atoms with van der Waals surface area (Å²) in [4.78, 5) is 53.8. The average molecular weight is 594 g/mol. The molecular weight excluding hydrogens is 566 g/mol. The summed E-state index contributed by atoms with van der Waals surface area (Å²) in [7, 11) is 5.02. The molecule has 15 heteroatoms. The van der Waals surface area contributed by atoms with Crippen molar-refractivity contribution in [3.05, 3.63) is 84.0 Å². The minimum absolute atomic E-state index is 0. The van der Waals surface area contributed by atoms with E-state index in [-0.39, 0.29) is 42.2 Å². The number of halogens is 1. The van der Waals surface area contributed by atoms with Gasteiger partial charge in [-0.3, -0.25) is 19.0 Å². The molecule has 0 saturated heterocycles. The van der Waals surface area contributed by atoms with Gasteiger partial charge in [-0.25, -0.2) is 9.78 Å². The third-order valence-corrected chi connectivity index (χ3v) is 6.49. The van der Waals surface area contributed by atoms with Gasteiger partial charge in [0.25, 0.3) is 17.7 Å². The number of rotatable bonds is 7. The number of nitrogens with one attached hydrogen (secondary N) is 3. The molecule has 4 aromatic heterocycles. The number of anilines is 3. The van der Waals surface area contributed by atoms with Crippen molar-refractivity contribution < 1.29 is 24.3 Å². The molecule has 0 spiro atoms. The quantitative estimate of drug-likeness (QED) is 0.192. The van der Waals surface area contributed by atoms with Crippen LogP contribution in [0.1, 0.15) is 37.2 Å². The van der Waals surface area contributed by atoms with E-state index in [1.54, 1.807) is 73.1 Å². The highest BCUT2D eigenvalue weighted by Crippen LogP contribution is 2.22. The molecule has 5 rings (SSSR count). The standard InChI is InChI=1S/C27H27N9O5.ClH/c1-33-12-17(31-25(38)23-32-22(28)14-35(23)3)9-20(33)24(37)30-18-10-21(34(2)13-18)26(39)36-7-6-16-8-15(4-5-19(16)36)11-29-27(40)41;/h4-10,12-14,29H,11,28H2,1-3H3,(H,30,37)(H,31,38)(H,40,41);1H. The lowest BCUT2D eigenvalue weighted by Crippen LogP contribution is -2.19. The van der Waals surface area contributed by atoms with E-state index in [1.807, 2.05) is 6.07 Å². The number of nitrogen functional groups attached to an aromatic ring is 1. The number of aromatic nitrogens is 5. The normalized spacial score (nSPS) is 10.7. The molecule has 0 aliphatic carbocycles. The van der Waals surface area contributed by atoms with Gasteiger partial charge in [-0.15, -0.1) is 12.4 Å². The van der Waals surface area contributed by atoms with Crippen molar-refractivity contribution in [3.63, 3.8) is 0 Å². The zero-order chi connectivity index (χ0) is 29.4. The van der Waals surface area contributed by atoms with E-state index in [9.17, 15) is 19.2 Å². The van der Waals surface area contributed by atoms with Gasteiger partial charge in [0.15, 0.2) is 0 Å². The second-order valence-electron chi connectivity index (χ2n) is 9.50. The van der Waals surface area contributed by atoms with Crippen molar-refractivity contribution in [2.24, 2.45) is 21.1 Å². The molecule has 0 radical (unpaired) electrons. The third kappa shape index (κ3) is 5.83. The highest BCUT2D eigenvalue weighted by atomic mass is 35.5. The van der Waals surface area contributed by atoms with Crippen LogP contribution in [-0.4, -0.2) is 52.2 Å². The molecule has 3 amide bonds. The number of nitrogens with two attached hydrogens (primary N) is 1. The maximum absolute atomic E-state index is 13.4. The van der Waals surface area contributed by atoms with E-state index in [1.165, 1.54) is 21.4 Å². The molecule has 0 bridgehead atoms. The summed E-state index contributed by atoms with van der Waals surface area (Å²) < 4.78 is 6.18.